The lowest BCUT2D eigenvalue weighted by Gasteiger charge is -2.29. The number of nitrogens with zero attached hydrogens (tertiary/aromatic N) is 4. The van der Waals surface area contributed by atoms with E-state index in [9.17, 15) is 24.3 Å². The summed E-state index contributed by atoms with van der Waals surface area (Å²) in [5.41, 5.74) is 3.56. The molecule has 0 bridgehead atoms. The van der Waals surface area contributed by atoms with Gasteiger partial charge in [-0.05, 0) is 60.4 Å². The smallest absolute Gasteiger partial charge is 0.273 e. The Hall–Kier alpha value is -4.54. The van der Waals surface area contributed by atoms with Crippen LogP contribution in [-0.4, -0.2) is 54.7 Å². The highest BCUT2D eigenvalue weighted by Gasteiger charge is 2.39. The number of rotatable bonds is 5. The second-order valence-electron chi connectivity index (χ2n) is 8.65. The monoisotopic (exact) mass is 474 g/mol. The van der Waals surface area contributed by atoms with E-state index in [1.165, 1.54) is 15.8 Å². The molecule has 2 aromatic carbocycles. The van der Waals surface area contributed by atoms with Crippen LogP contribution in [0.4, 0.5) is 0 Å². The van der Waals surface area contributed by atoms with Gasteiger partial charge in [0.2, 0.25) is 11.8 Å². The normalized spacial score (nSPS) is 17.3. The van der Waals surface area contributed by atoms with E-state index in [4.69, 9.17) is 0 Å². The molecule has 1 saturated heterocycles. The second-order valence-corrected chi connectivity index (χ2v) is 8.65. The first-order valence-electron chi connectivity index (χ1n) is 11.1. The molecule has 1 unspecified atom stereocenters. The van der Waals surface area contributed by atoms with Gasteiger partial charge in [0.05, 0.1) is 11.9 Å². The number of amides is 4. The summed E-state index contributed by atoms with van der Waals surface area (Å²) in [6, 6.07) is 9.50. The van der Waals surface area contributed by atoms with Crippen LogP contribution in [0.3, 0.4) is 0 Å². The number of nitrogens with one attached hydrogen (secondary N) is 2. The van der Waals surface area contributed by atoms with Crippen molar-refractivity contribution in [3.8, 4) is 11.4 Å². The number of aromatic nitrogens is 3. The lowest BCUT2D eigenvalue weighted by molar-refractivity contribution is -0.136. The Balaban J connectivity index is 1.28. The lowest BCUT2D eigenvalue weighted by Crippen LogP contribution is -2.52. The summed E-state index contributed by atoms with van der Waals surface area (Å²) >= 11 is 0. The highest BCUT2D eigenvalue weighted by atomic mass is 16.3. The molecule has 3 aromatic rings. The number of hydrogen-bond donors (Lipinski definition) is 3. The summed E-state index contributed by atoms with van der Waals surface area (Å²) in [6.45, 7) is 2.31. The van der Waals surface area contributed by atoms with E-state index in [-0.39, 0.29) is 42.8 Å². The quantitative estimate of drug-likeness (QED) is 0.467. The third-order valence-corrected chi connectivity index (χ3v) is 6.07. The van der Waals surface area contributed by atoms with E-state index in [2.05, 4.69) is 20.9 Å². The number of piperidine rings is 1. The van der Waals surface area contributed by atoms with Crippen LogP contribution in [0, 0.1) is 6.92 Å². The first-order valence-corrected chi connectivity index (χ1v) is 11.1. The molecular formula is C24H22N6O5. The molecule has 4 amide bonds. The van der Waals surface area contributed by atoms with E-state index in [0.717, 1.165) is 16.7 Å². The van der Waals surface area contributed by atoms with Gasteiger partial charge in [-0.25, -0.2) is 4.68 Å². The molecule has 2 aliphatic heterocycles. The van der Waals surface area contributed by atoms with E-state index < -0.39 is 17.9 Å². The molecular weight excluding hydrogens is 452 g/mol. The topological polar surface area (TPSA) is 147 Å². The Kier molecular flexibility index (Phi) is 5.51. The number of hydrogen-bond acceptors (Lipinski definition) is 7. The zero-order valence-electron chi connectivity index (χ0n) is 18.8. The molecule has 5 rings (SSSR count). The maximum Gasteiger partial charge on any atom is 0.273 e. The molecule has 11 nitrogen and oxygen atoms in total. The number of phenols is 1. The number of phenolic OH excluding ortho intramolecular Hbond substituents is 1. The van der Waals surface area contributed by atoms with Crippen molar-refractivity contribution in [3.63, 3.8) is 0 Å². The Morgan fingerprint density at radius 2 is 2.03 bits per heavy atom. The zero-order valence-corrected chi connectivity index (χ0v) is 18.8. The lowest BCUT2D eigenvalue weighted by atomic mass is 10.0. The van der Waals surface area contributed by atoms with Crippen LogP contribution in [0.5, 0.6) is 5.75 Å². The minimum Gasteiger partial charge on any atom is -0.508 e. The highest BCUT2D eigenvalue weighted by Crippen LogP contribution is 2.29. The van der Waals surface area contributed by atoms with Crippen LogP contribution < -0.4 is 10.6 Å². The number of carbonyl (C=O) groups excluding carboxylic acids is 4. The van der Waals surface area contributed by atoms with Gasteiger partial charge in [0.1, 0.15) is 11.8 Å². The summed E-state index contributed by atoms with van der Waals surface area (Å²) < 4.78 is 1.44. The highest BCUT2D eigenvalue weighted by molar-refractivity contribution is 6.05. The Labute approximate surface area is 199 Å². The van der Waals surface area contributed by atoms with Crippen molar-refractivity contribution in [2.45, 2.75) is 38.9 Å². The first-order chi connectivity index (χ1) is 16.8. The molecule has 3 N–H and O–H groups in total. The van der Waals surface area contributed by atoms with Crippen LogP contribution in [0.1, 0.15) is 50.4 Å². The SMILES string of the molecule is Cc1cc(O)cc(CNC(=O)c2cn(-c3ccc4c(c3)CN(C3CCC(=O)NC3=O)C4=O)nn2)c1. The number of benzene rings is 2. The molecule has 0 spiro atoms. The van der Waals surface area contributed by atoms with E-state index in [0.29, 0.717) is 17.7 Å². The van der Waals surface area contributed by atoms with Crippen molar-refractivity contribution in [2.24, 2.45) is 0 Å². The average molecular weight is 474 g/mol. The van der Waals surface area contributed by atoms with Gasteiger partial charge in [0.25, 0.3) is 11.8 Å². The van der Waals surface area contributed by atoms with E-state index in [1.807, 2.05) is 13.0 Å². The fraction of sp³-hybridized carbons (Fsp3) is 0.250. The molecule has 1 aromatic heterocycles. The summed E-state index contributed by atoms with van der Waals surface area (Å²) in [5.74, 6) is -1.35. The van der Waals surface area contributed by atoms with Gasteiger partial charge in [-0.2, -0.15) is 0 Å². The Morgan fingerprint density at radius 3 is 2.80 bits per heavy atom. The Bertz CT molecular complexity index is 1360. The predicted molar refractivity (Wildman–Crippen MR) is 121 cm³/mol. The second kappa shape index (κ2) is 8.67. The molecule has 11 heteroatoms. The largest absolute Gasteiger partial charge is 0.508 e. The van der Waals surface area contributed by atoms with Gasteiger partial charge >= 0.3 is 0 Å². The first kappa shape index (κ1) is 22.3. The van der Waals surface area contributed by atoms with Gasteiger partial charge in [-0.15, -0.1) is 5.10 Å². The van der Waals surface area contributed by atoms with Crippen LogP contribution in [0.2, 0.25) is 0 Å². The molecule has 0 aliphatic carbocycles. The molecule has 3 heterocycles. The van der Waals surface area contributed by atoms with Crippen molar-refractivity contribution < 1.29 is 24.3 Å². The van der Waals surface area contributed by atoms with Gasteiger partial charge < -0.3 is 15.3 Å². The van der Waals surface area contributed by atoms with Gasteiger partial charge in [-0.3, -0.25) is 24.5 Å². The van der Waals surface area contributed by atoms with E-state index >= 15 is 0 Å². The maximum atomic E-state index is 12.9. The maximum absolute atomic E-state index is 12.9. The number of aromatic hydroxyl groups is 1. The summed E-state index contributed by atoms with van der Waals surface area (Å²) in [5, 5.41) is 22.7. The minimum absolute atomic E-state index is 0.114. The van der Waals surface area contributed by atoms with Crippen molar-refractivity contribution in [2.75, 3.05) is 0 Å². The molecule has 1 fully saturated rings. The predicted octanol–water partition coefficient (Wildman–Crippen LogP) is 0.972. The molecule has 2 aliphatic rings. The Morgan fingerprint density at radius 1 is 1.20 bits per heavy atom. The number of carbonyl (C=O) groups is 4. The molecule has 0 radical (unpaired) electrons. The molecule has 0 saturated carbocycles. The summed E-state index contributed by atoms with van der Waals surface area (Å²) in [4.78, 5) is 50.5. The fourth-order valence-corrected chi connectivity index (χ4v) is 4.41. The number of aryl methyl sites for hydroxylation is 1. The van der Waals surface area contributed by atoms with Crippen LogP contribution >= 0.6 is 0 Å². The molecule has 178 valence electrons. The molecule has 35 heavy (non-hydrogen) atoms. The van der Waals surface area contributed by atoms with Gasteiger partial charge in [0.15, 0.2) is 5.69 Å². The van der Waals surface area contributed by atoms with Crippen molar-refractivity contribution in [1.82, 2.24) is 30.5 Å². The minimum atomic E-state index is -0.687. The van der Waals surface area contributed by atoms with Gasteiger partial charge in [0, 0.05) is 25.1 Å². The molecule has 1 atom stereocenters. The average Bonchev–Trinajstić information content (AvgIpc) is 3.42. The van der Waals surface area contributed by atoms with Crippen molar-refractivity contribution in [3.05, 3.63) is 70.5 Å². The number of fused-ring (bicyclic) bond motifs is 1. The number of imide groups is 1. The summed E-state index contributed by atoms with van der Waals surface area (Å²) in [7, 11) is 0. The van der Waals surface area contributed by atoms with Crippen LogP contribution in [0.25, 0.3) is 5.69 Å². The van der Waals surface area contributed by atoms with E-state index in [1.54, 1.807) is 30.3 Å². The van der Waals surface area contributed by atoms with Gasteiger partial charge in [-0.1, -0.05) is 11.3 Å². The standard InChI is InChI=1S/C24H22N6O5/c1-13-6-14(8-17(31)7-13)10-25-22(33)19-12-30(28-27-19)16-2-3-18-15(9-16)11-29(24(18)35)20-4-5-21(32)26-23(20)34/h2-3,6-9,12,20,31H,4-5,10-11H2,1H3,(H,25,33)(H,26,32,34). The summed E-state index contributed by atoms with van der Waals surface area (Å²) in [6.07, 6.45) is 1.97. The third-order valence-electron chi connectivity index (χ3n) is 6.07. The fourth-order valence-electron chi connectivity index (χ4n) is 4.41. The third kappa shape index (κ3) is 4.35. The van der Waals surface area contributed by atoms with Crippen LogP contribution in [0.15, 0.2) is 42.6 Å². The van der Waals surface area contributed by atoms with Crippen molar-refractivity contribution >= 4 is 23.6 Å². The zero-order chi connectivity index (χ0) is 24.7. The van der Waals surface area contributed by atoms with Crippen LogP contribution in [-0.2, 0) is 22.7 Å². The van der Waals surface area contributed by atoms with Crippen molar-refractivity contribution in [1.29, 1.82) is 0 Å².